The zero-order valence-electron chi connectivity index (χ0n) is 15.9. The molecule has 158 valence electrons. The predicted octanol–water partition coefficient (Wildman–Crippen LogP) is 8.40. The monoisotopic (exact) mass is 577 g/mol. The molecule has 0 fully saturated rings. The Balaban J connectivity index is 2.35. The second-order valence-electron chi connectivity index (χ2n) is 6.11. The molecule has 0 aliphatic heterocycles. The van der Waals surface area contributed by atoms with Gasteiger partial charge >= 0.3 is 0 Å². The molecule has 0 radical (unpaired) electrons. The summed E-state index contributed by atoms with van der Waals surface area (Å²) in [7, 11) is 0. The van der Waals surface area contributed by atoms with E-state index in [-0.39, 0.29) is 10.0 Å². The topological polar surface area (TPSA) is 40.0 Å². The van der Waals surface area contributed by atoms with Gasteiger partial charge in [-0.1, -0.05) is 52.8 Å². The molecule has 0 spiro atoms. The van der Waals surface area contributed by atoms with Crippen molar-refractivity contribution < 1.29 is 14.3 Å². The summed E-state index contributed by atoms with van der Waals surface area (Å²) in [6.45, 7) is 5.31. The van der Waals surface area contributed by atoms with Gasteiger partial charge in [-0.15, -0.1) is 0 Å². The van der Waals surface area contributed by atoms with Crippen LogP contribution in [0.1, 0.15) is 46.0 Å². The third-order valence-electron chi connectivity index (χ3n) is 3.43. The van der Waals surface area contributed by atoms with Crippen LogP contribution >= 0.6 is 66.7 Å². The highest BCUT2D eigenvalue weighted by molar-refractivity contribution is 9.28. The predicted molar refractivity (Wildman–Crippen MR) is 126 cm³/mol. The molecule has 0 aromatic heterocycles. The Morgan fingerprint density at radius 2 is 1.61 bits per heavy atom. The highest BCUT2D eigenvalue weighted by Gasteiger charge is 2.17. The summed E-state index contributed by atoms with van der Waals surface area (Å²) in [5.41, 5.74) is 0.929. The first-order valence-corrected chi connectivity index (χ1v) is 11.6. The van der Waals surface area contributed by atoms with Crippen LogP contribution in [0, 0.1) is 0 Å². The second kappa shape index (κ2) is 14.8. The van der Waals surface area contributed by atoms with Crippen molar-refractivity contribution in [2.75, 3.05) is 19.8 Å². The van der Waals surface area contributed by atoms with Crippen molar-refractivity contribution in [3.63, 3.8) is 0 Å². The molecule has 0 heterocycles. The lowest BCUT2D eigenvalue weighted by Crippen LogP contribution is -2.01. The van der Waals surface area contributed by atoms with Crippen molar-refractivity contribution in [1.29, 1.82) is 0 Å². The van der Waals surface area contributed by atoms with E-state index in [1.165, 1.54) is 0 Å². The van der Waals surface area contributed by atoms with Crippen molar-refractivity contribution in [2.24, 2.45) is 5.16 Å². The molecule has 0 atom stereocenters. The van der Waals surface area contributed by atoms with Crippen molar-refractivity contribution in [2.45, 2.75) is 46.0 Å². The number of halogens is 5. The van der Waals surface area contributed by atoms with Crippen LogP contribution in [-0.4, -0.2) is 25.5 Å². The van der Waals surface area contributed by atoms with E-state index >= 15 is 0 Å². The third-order valence-corrected chi connectivity index (χ3v) is 5.19. The minimum Gasteiger partial charge on any atom is -0.490 e. The van der Waals surface area contributed by atoms with Gasteiger partial charge in [-0.25, -0.2) is 0 Å². The fraction of sp³-hybridized carbons (Fsp3) is 0.526. The molecule has 4 nitrogen and oxygen atoms in total. The Kier molecular flexibility index (Phi) is 13.7. The van der Waals surface area contributed by atoms with Gasteiger partial charge in [-0.3, -0.25) is 0 Å². The SMILES string of the molecule is CC(C)=NOCCCCCCCOc1c(Cl)cc(OCC=C(Br)Br)c(Cl)c1Cl. The van der Waals surface area contributed by atoms with Crippen LogP contribution in [0.5, 0.6) is 11.5 Å². The number of hydrogen-bond acceptors (Lipinski definition) is 4. The van der Waals surface area contributed by atoms with Crippen molar-refractivity contribution in [1.82, 2.24) is 0 Å². The van der Waals surface area contributed by atoms with Crippen LogP contribution in [0.3, 0.4) is 0 Å². The van der Waals surface area contributed by atoms with Crippen molar-refractivity contribution >= 4 is 72.4 Å². The zero-order chi connectivity index (χ0) is 20.9. The molecule has 0 N–H and O–H groups in total. The Bertz CT molecular complexity index is 677. The average Bonchev–Trinajstić information content (AvgIpc) is 2.62. The molecule has 0 aliphatic carbocycles. The van der Waals surface area contributed by atoms with E-state index in [4.69, 9.17) is 49.1 Å². The first-order valence-electron chi connectivity index (χ1n) is 8.90. The van der Waals surface area contributed by atoms with Crippen LogP contribution in [0.4, 0.5) is 0 Å². The maximum atomic E-state index is 6.30. The third kappa shape index (κ3) is 10.6. The lowest BCUT2D eigenvalue weighted by atomic mass is 10.1. The standard InChI is InChI=1S/C19H24Br2Cl3NO3/c1-13(2)25-28-10-7-5-3-4-6-9-27-19-14(22)12-15(17(23)18(19)24)26-11-8-16(20)21/h8,12H,3-7,9-11H2,1-2H3. The fourth-order valence-electron chi connectivity index (χ4n) is 2.14. The second-order valence-corrected chi connectivity index (χ2v) is 10.0. The highest BCUT2D eigenvalue weighted by atomic mass is 79.9. The summed E-state index contributed by atoms with van der Waals surface area (Å²) in [6.07, 6.45) is 6.93. The van der Waals surface area contributed by atoms with Crippen molar-refractivity contribution in [3.05, 3.63) is 30.6 Å². The number of rotatable bonds is 13. The van der Waals surface area contributed by atoms with E-state index in [1.807, 2.05) is 13.8 Å². The summed E-state index contributed by atoms with van der Waals surface area (Å²) in [4.78, 5) is 5.17. The van der Waals surface area contributed by atoms with E-state index in [0.29, 0.717) is 36.3 Å². The maximum absolute atomic E-state index is 6.30. The summed E-state index contributed by atoms with van der Waals surface area (Å²) in [5, 5.41) is 4.82. The normalized spacial score (nSPS) is 10.4. The van der Waals surface area contributed by atoms with Gasteiger partial charge in [0.15, 0.2) is 5.75 Å². The van der Waals surface area contributed by atoms with E-state index in [0.717, 1.165) is 41.2 Å². The first kappa shape index (κ1) is 25.9. The van der Waals surface area contributed by atoms with Crippen LogP contribution in [0.15, 0.2) is 20.7 Å². The van der Waals surface area contributed by atoms with Gasteiger partial charge in [-0.2, -0.15) is 0 Å². The quantitative estimate of drug-likeness (QED) is 0.102. The minimum atomic E-state index is 0.259. The number of nitrogens with zero attached hydrogens (tertiary/aromatic N) is 1. The largest absolute Gasteiger partial charge is 0.490 e. The molecule has 0 unspecified atom stereocenters. The van der Waals surface area contributed by atoms with Gasteiger partial charge in [0.1, 0.15) is 29.0 Å². The van der Waals surface area contributed by atoms with Crippen LogP contribution in [0.25, 0.3) is 0 Å². The minimum absolute atomic E-state index is 0.259. The molecule has 0 saturated heterocycles. The Hall–Kier alpha value is -0.140. The fourth-order valence-corrected chi connectivity index (χ4v) is 3.14. The molecule has 0 aliphatic rings. The van der Waals surface area contributed by atoms with E-state index in [1.54, 1.807) is 12.1 Å². The Labute approximate surface area is 198 Å². The number of oxime groups is 1. The Morgan fingerprint density at radius 3 is 2.25 bits per heavy atom. The Morgan fingerprint density at radius 1 is 0.964 bits per heavy atom. The number of benzene rings is 1. The molecule has 28 heavy (non-hydrogen) atoms. The van der Waals surface area contributed by atoms with Crippen LogP contribution < -0.4 is 9.47 Å². The first-order chi connectivity index (χ1) is 13.3. The highest BCUT2D eigenvalue weighted by Crippen LogP contribution is 2.44. The molecule has 0 amide bonds. The van der Waals surface area contributed by atoms with Gasteiger partial charge in [0.25, 0.3) is 0 Å². The van der Waals surface area contributed by atoms with E-state index < -0.39 is 0 Å². The number of hydrogen-bond donors (Lipinski definition) is 0. The van der Waals surface area contributed by atoms with Gasteiger partial charge in [-0.05, 0) is 71.0 Å². The molecular weight excluding hydrogens is 556 g/mol. The van der Waals surface area contributed by atoms with Gasteiger partial charge in [0.2, 0.25) is 0 Å². The molecule has 0 saturated carbocycles. The van der Waals surface area contributed by atoms with Gasteiger partial charge in [0.05, 0.1) is 20.7 Å². The molecule has 1 rings (SSSR count). The lowest BCUT2D eigenvalue weighted by molar-refractivity contribution is 0.139. The smallest absolute Gasteiger partial charge is 0.158 e. The van der Waals surface area contributed by atoms with Gasteiger partial charge in [0, 0.05) is 6.07 Å². The molecule has 1 aromatic rings. The maximum Gasteiger partial charge on any atom is 0.158 e. The zero-order valence-corrected chi connectivity index (χ0v) is 21.3. The molecular formula is C19H24Br2Cl3NO3. The van der Waals surface area contributed by atoms with Crippen LogP contribution in [0.2, 0.25) is 15.1 Å². The van der Waals surface area contributed by atoms with E-state index in [2.05, 4.69) is 37.0 Å². The number of unbranched alkanes of at least 4 members (excludes halogenated alkanes) is 4. The summed E-state index contributed by atoms with van der Waals surface area (Å²) in [5.74, 6) is 0.797. The molecule has 1 aromatic carbocycles. The summed E-state index contributed by atoms with van der Waals surface area (Å²) < 4.78 is 12.1. The summed E-state index contributed by atoms with van der Waals surface area (Å²) >= 11 is 25.4. The lowest BCUT2D eigenvalue weighted by Gasteiger charge is -2.14. The number of ether oxygens (including phenoxy) is 2. The average molecular weight is 581 g/mol. The molecule has 9 heteroatoms. The molecule has 0 bridgehead atoms. The van der Waals surface area contributed by atoms with Gasteiger partial charge < -0.3 is 14.3 Å². The van der Waals surface area contributed by atoms with Crippen LogP contribution in [-0.2, 0) is 4.84 Å². The van der Waals surface area contributed by atoms with Crippen molar-refractivity contribution in [3.8, 4) is 11.5 Å². The summed E-state index contributed by atoms with van der Waals surface area (Å²) in [6, 6.07) is 1.61. The van der Waals surface area contributed by atoms with E-state index in [9.17, 15) is 0 Å².